The van der Waals surface area contributed by atoms with Gasteiger partial charge in [0.2, 0.25) is 0 Å². The molecule has 0 saturated heterocycles. The second kappa shape index (κ2) is 4.87. The first-order chi connectivity index (χ1) is 6.76. The molecule has 0 atom stereocenters. The molecule has 0 unspecified atom stereocenters. The summed E-state index contributed by atoms with van der Waals surface area (Å²) in [5.41, 5.74) is 1.22. The monoisotopic (exact) mass is 190 g/mol. The molecule has 0 fully saturated rings. The lowest BCUT2D eigenvalue weighted by Crippen LogP contribution is -2.21. The van der Waals surface area contributed by atoms with Gasteiger partial charge in [0.25, 0.3) is 0 Å². The highest BCUT2D eigenvalue weighted by Gasteiger charge is 2.02. The molecule has 1 amide bonds. The minimum absolute atomic E-state index is 0.513. The molecular weight excluding hydrogens is 180 g/mol. The fraction of sp³-hybridized carbons (Fsp3) is 0.200. The first-order valence-corrected chi connectivity index (χ1v) is 4.09. The molecule has 4 nitrogen and oxygen atoms in total. The number of ether oxygens (including phenoxy) is 1. The van der Waals surface area contributed by atoms with Crippen LogP contribution in [0, 0.1) is 11.3 Å². The smallest absolute Gasteiger partial charge is 0.411 e. The van der Waals surface area contributed by atoms with Crippen LogP contribution in [-0.2, 0) is 4.74 Å². The van der Waals surface area contributed by atoms with Crippen molar-refractivity contribution in [3.63, 3.8) is 0 Å². The summed E-state index contributed by atoms with van der Waals surface area (Å²) in [6, 6.07) is 2.03. The summed E-state index contributed by atoms with van der Waals surface area (Å²) < 4.78 is 4.44. The van der Waals surface area contributed by atoms with Crippen molar-refractivity contribution in [2.75, 3.05) is 7.11 Å². The van der Waals surface area contributed by atoms with Crippen molar-refractivity contribution in [2.24, 2.45) is 0 Å². The van der Waals surface area contributed by atoms with E-state index in [1.54, 1.807) is 24.3 Å². The molecule has 1 aliphatic rings. The molecule has 4 heteroatoms. The standard InChI is InChI=1S/C10H10N2O2/c1-14-10(13)12-9-4-2-3-8(7-11)5-6-9/h3-6H,2H2,1H3,(H,12,13). The highest BCUT2D eigenvalue weighted by Crippen LogP contribution is 2.07. The zero-order valence-corrected chi connectivity index (χ0v) is 7.78. The van der Waals surface area contributed by atoms with Gasteiger partial charge in [-0.2, -0.15) is 5.26 Å². The van der Waals surface area contributed by atoms with Crippen LogP contribution >= 0.6 is 0 Å². The van der Waals surface area contributed by atoms with E-state index in [0.29, 0.717) is 17.7 Å². The van der Waals surface area contributed by atoms with Gasteiger partial charge in [-0.25, -0.2) is 4.79 Å². The van der Waals surface area contributed by atoms with E-state index >= 15 is 0 Å². The van der Waals surface area contributed by atoms with Crippen molar-refractivity contribution in [3.8, 4) is 6.07 Å². The molecular formula is C10H10N2O2. The van der Waals surface area contributed by atoms with Gasteiger partial charge < -0.3 is 4.74 Å². The van der Waals surface area contributed by atoms with Crippen LogP contribution in [0.2, 0.25) is 0 Å². The number of carbonyl (C=O) groups excluding carboxylic acids is 1. The number of nitriles is 1. The van der Waals surface area contributed by atoms with Crippen LogP contribution in [0.15, 0.2) is 35.6 Å². The van der Waals surface area contributed by atoms with Crippen molar-refractivity contribution < 1.29 is 9.53 Å². The van der Waals surface area contributed by atoms with Crippen LogP contribution in [0.1, 0.15) is 6.42 Å². The molecule has 0 saturated carbocycles. The topological polar surface area (TPSA) is 62.1 Å². The Balaban J connectivity index is 2.64. The zero-order chi connectivity index (χ0) is 10.4. The Morgan fingerprint density at radius 1 is 1.57 bits per heavy atom. The number of nitrogens with one attached hydrogen (secondary N) is 1. The van der Waals surface area contributed by atoms with Gasteiger partial charge in [0, 0.05) is 11.3 Å². The van der Waals surface area contributed by atoms with E-state index in [1.165, 1.54) is 7.11 Å². The number of nitrogens with zero attached hydrogens (tertiary/aromatic N) is 1. The Bertz CT molecular complexity index is 359. The molecule has 1 N–H and O–H groups in total. The van der Waals surface area contributed by atoms with Crippen molar-refractivity contribution in [1.29, 1.82) is 5.26 Å². The third kappa shape index (κ3) is 2.79. The van der Waals surface area contributed by atoms with E-state index in [2.05, 4.69) is 10.1 Å². The zero-order valence-electron chi connectivity index (χ0n) is 7.78. The number of amides is 1. The van der Waals surface area contributed by atoms with Crippen LogP contribution in [0.3, 0.4) is 0 Å². The second-order valence-electron chi connectivity index (χ2n) is 2.62. The van der Waals surface area contributed by atoms with Gasteiger partial charge in [-0.3, -0.25) is 5.32 Å². The van der Waals surface area contributed by atoms with Gasteiger partial charge in [-0.15, -0.1) is 0 Å². The predicted octanol–water partition coefficient (Wildman–Crippen LogP) is 1.64. The Morgan fingerprint density at radius 3 is 3.00 bits per heavy atom. The normalized spacial score (nSPS) is 14.6. The lowest BCUT2D eigenvalue weighted by Gasteiger charge is -2.02. The number of alkyl carbamates (subject to hydrolysis) is 1. The van der Waals surface area contributed by atoms with Gasteiger partial charge in [0.05, 0.1) is 13.2 Å². The van der Waals surface area contributed by atoms with E-state index in [1.807, 2.05) is 6.07 Å². The van der Waals surface area contributed by atoms with Crippen molar-refractivity contribution in [3.05, 3.63) is 35.6 Å². The lowest BCUT2D eigenvalue weighted by atomic mass is 10.2. The molecule has 1 aliphatic carbocycles. The maximum atomic E-state index is 10.9. The number of hydrogen-bond donors (Lipinski definition) is 1. The SMILES string of the molecule is COC(=O)NC1=CCC=C(C#N)C=C1. The number of rotatable bonds is 1. The molecule has 0 aromatic heterocycles. The summed E-state index contributed by atoms with van der Waals surface area (Å²) in [6.45, 7) is 0. The van der Waals surface area contributed by atoms with Crippen molar-refractivity contribution in [1.82, 2.24) is 5.32 Å². The summed E-state index contributed by atoms with van der Waals surface area (Å²) in [5.74, 6) is 0. The van der Waals surface area contributed by atoms with Gasteiger partial charge >= 0.3 is 6.09 Å². The van der Waals surface area contributed by atoms with E-state index in [-0.39, 0.29) is 0 Å². The Morgan fingerprint density at radius 2 is 2.36 bits per heavy atom. The van der Waals surface area contributed by atoms with E-state index in [4.69, 9.17) is 5.26 Å². The van der Waals surface area contributed by atoms with Crippen molar-refractivity contribution >= 4 is 6.09 Å². The van der Waals surface area contributed by atoms with Crippen molar-refractivity contribution in [2.45, 2.75) is 6.42 Å². The minimum Gasteiger partial charge on any atom is -0.453 e. The third-order valence-corrected chi connectivity index (χ3v) is 1.68. The molecule has 0 radical (unpaired) electrons. The van der Waals surface area contributed by atoms with Gasteiger partial charge in [-0.1, -0.05) is 12.2 Å². The third-order valence-electron chi connectivity index (χ3n) is 1.68. The first kappa shape index (κ1) is 10.1. The van der Waals surface area contributed by atoms with Gasteiger partial charge in [-0.05, 0) is 18.6 Å². The van der Waals surface area contributed by atoms with E-state index in [0.717, 1.165) is 0 Å². The fourth-order valence-corrected chi connectivity index (χ4v) is 0.973. The highest BCUT2D eigenvalue weighted by molar-refractivity contribution is 5.70. The maximum Gasteiger partial charge on any atom is 0.411 e. The molecule has 0 aliphatic heterocycles. The predicted molar refractivity (Wildman–Crippen MR) is 51.1 cm³/mol. The Hall–Kier alpha value is -2.02. The quantitative estimate of drug-likeness (QED) is 0.683. The maximum absolute atomic E-state index is 10.9. The average molecular weight is 190 g/mol. The Kier molecular flexibility index (Phi) is 3.50. The van der Waals surface area contributed by atoms with Crippen LogP contribution in [0.25, 0.3) is 0 Å². The molecule has 0 aromatic rings. The molecule has 0 spiro atoms. The molecule has 72 valence electrons. The van der Waals surface area contributed by atoms with E-state index < -0.39 is 6.09 Å². The fourth-order valence-electron chi connectivity index (χ4n) is 0.973. The summed E-state index contributed by atoms with van der Waals surface area (Å²) >= 11 is 0. The summed E-state index contributed by atoms with van der Waals surface area (Å²) in [7, 11) is 1.30. The molecule has 0 bridgehead atoms. The highest BCUT2D eigenvalue weighted by atomic mass is 16.5. The minimum atomic E-state index is -0.513. The number of carbonyl (C=O) groups is 1. The van der Waals surface area contributed by atoms with Crippen LogP contribution in [0.5, 0.6) is 0 Å². The molecule has 0 aromatic carbocycles. The second-order valence-corrected chi connectivity index (χ2v) is 2.62. The molecule has 0 heterocycles. The van der Waals surface area contributed by atoms with Crippen LogP contribution in [-0.4, -0.2) is 13.2 Å². The van der Waals surface area contributed by atoms with Gasteiger partial charge in [0.1, 0.15) is 0 Å². The number of allylic oxidation sites excluding steroid dienone is 5. The average Bonchev–Trinajstić information content (AvgIpc) is 2.43. The summed E-state index contributed by atoms with van der Waals surface area (Å²) in [5, 5.41) is 11.1. The molecule has 1 rings (SSSR count). The van der Waals surface area contributed by atoms with Crippen LogP contribution in [0.4, 0.5) is 4.79 Å². The van der Waals surface area contributed by atoms with Crippen LogP contribution < -0.4 is 5.32 Å². The number of methoxy groups -OCH3 is 1. The summed E-state index contributed by atoms with van der Waals surface area (Å²) in [4.78, 5) is 10.9. The number of hydrogen-bond acceptors (Lipinski definition) is 3. The first-order valence-electron chi connectivity index (χ1n) is 4.09. The largest absolute Gasteiger partial charge is 0.453 e. The van der Waals surface area contributed by atoms with Gasteiger partial charge in [0.15, 0.2) is 0 Å². The Labute approximate surface area is 82.2 Å². The van der Waals surface area contributed by atoms with E-state index in [9.17, 15) is 4.79 Å². The lowest BCUT2D eigenvalue weighted by molar-refractivity contribution is 0.174. The summed E-state index contributed by atoms with van der Waals surface area (Å²) in [6.07, 6.45) is 7.00. The molecule has 14 heavy (non-hydrogen) atoms.